The molecule has 0 radical (unpaired) electrons. The Kier molecular flexibility index (Phi) is 1.29. The van der Waals surface area contributed by atoms with Crippen LogP contribution in [0.25, 0.3) is 0 Å². The maximum absolute atomic E-state index is 11.0. The number of carbonyl (C=O) groups is 1. The third kappa shape index (κ3) is 0.916. The molecule has 0 spiro atoms. The fourth-order valence-corrected chi connectivity index (χ4v) is 2.40. The number of rotatable bonds is 0. The lowest BCUT2D eigenvalue weighted by Gasteiger charge is -2.05. The van der Waals surface area contributed by atoms with Gasteiger partial charge in [0.15, 0.2) is 0 Å². The zero-order valence-electron chi connectivity index (χ0n) is 7.19. The fourth-order valence-electron chi connectivity index (χ4n) is 2.40. The summed E-state index contributed by atoms with van der Waals surface area (Å²) in [5, 5.41) is 0. The first kappa shape index (κ1) is 7.13. The highest BCUT2D eigenvalue weighted by Gasteiger charge is 2.41. The van der Waals surface area contributed by atoms with Gasteiger partial charge in [-0.25, -0.2) is 0 Å². The first-order chi connectivity index (χ1) is 6.34. The van der Waals surface area contributed by atoms with Gasteiger partial charge in [0.05, 0.1) is 6.42 Å². The maximum atomic E-state index is 11.0. The van der Waals surface area contributed by atoms with E-state index in [9.17, 15) is 4.79 Å². The van der Waals surface area contributed by atoms with E-state index in [0.29, 0.717) is 12.3 Å². The lowest BCUT2D eigenvalue weighted by atomic mass is 9.99. The van der Waals surface area contributed by atoms with Gasteiger partial charge in [0.1, 0.15) is 6.10 Å². The Morgan fingerprint density at radius 1 is 1.23 bits per heavy atom. The molecule has 0 unspecified atom stereocenters. The molecule has 1 aliphatic heterocycles. The van der Waals surface area contributed by atoms with Crippen LogP contribution in [0.3, 0.4) is 0 Å². The van der Waals surface area contributed by atoms with Crippen molar-refractivity contribution in [2.24, 2.45) is 0 Å². The van der Waals surface area contributed by atoms with Crippen LogP contribution in [0.2, 0.25) is 0 Å². The van der Waals surface area contributed by atoms with Crippen LogP contribution < -0.4 is 0 Å². The van der Waals surface area contributed by atoms with E-state index in [0.717, 1.165) is 6.42 Å². The summed E-state index contributed by atoms with van der Waals surface area (Å²) in [5.74, 6) is 0.299. The Balaban J connectivity index is 2.06. The summed E-state index contributed by atoms with van der Waals surface area (Å²) in [4.78, 5) is 11.0. The number of hydrogen-bond donors (Lipinski definition) is 0. The normalized spacial score (nSPS) is 29.7. The molecule has 0 N–H and O–H groups in total. The van der Waals surface area contributed by atoms with Crippen LogP contribution in [-0.2, 0) is 16.0 Å². The topological polar surface area (TPSA) is 26.3 Å². The predicted molar refractivity (Wildman–Crippen MR) is 47.4 cm³/mol. The molecule has 0 saturated carbocycles. The van der Waals surface area contributed by atoms with Crippen molar-refractivity contribution >= 4 is 5.97 Å². The molecule has 2 nitrogen and oxygen atoms in total. The summed E-state index contributed by atoms with van der Waals surface area (Å²) in [7, 11) is 0. The second-order valence-corrected chi connectivity index (χ2v) is 3.74. The Morgan fingerprint density at radius 3 is 3.00 bits per heavy atom. The predicted octanol–water partition coefficient (Wildman–Crippen LogP) is 1.64. The molecule has 2 atom stereocenters. The highest BCUT2D eigenvalue weighted by atomic mass is 16.5. The smallest absolute Gasteiger partial charge is 0.306 e. The largest absolute Gasteiger partial charge is 0.461 e. The quantitative estimate of drug-likeness (QED) is 0.559. The standard InChI is InChI=1S/C11H10O2/c12-11-6-9-8-4-2-1-3-7(8)5-10(9)13-11/h1-4,9-10H,5-6H2/t9-,10+/m1/s1. The molecule has 13 heavy (non-hydrogen) atoms. The Morgan fingerprint density at radius 2 is 2.08 bits per heavy atom. The first-order valence-corrected chi connectivity index (χ1v) is 4.62. The Labute approximate surface area is 76.5 Å². The molecular weight excluding hydrogens is 164 g/mol. The van der Waals surface area contributed by atoms with E-state index in [4.69, 9.17) is 4.74 Å². The summed E-state index contributed by atoms with van der Waals surface area (Å²) in [6.07, 6.45) is 1.61. The minimum atomic E-state index is -0.0375. The van der Waals surface area contributed by atoms with Gasteiger partial charge in [-0.2, -0.15) is 0 Å². The molecule has 2 aliphatic rings. The Hall–Kier alpha value is -1.31. The average molecular weight is 174 g/mol. The van der Waals surface area contributed by atoms with E-state index in [1.165, 1.54) is 11.1 Å². The molecule has 3 rings (SSSR count). The van der Waals surface area contributed by atoms with E-state index < -0.39 is 0 Å². The van der Waals surface area contributed by atoms with Crippen molar-refractivity contribution in [3.8, 4) is 0 Å². The number of fused-ring (bicyclic) bond motifs is 3. The third-order valence-corrected chi connectivity index (χ3v) is 2.99. The molecule has 66 valence electrons. The Bertz CT molecular complexity index is 370. The number of ether oxygens (including phenoxy) is 1. The van der Waals surface area contributed by atoms with Gasteiger partial charge in [0.25, 0.3) is 0 Å². The van der Waals surface area contributed by atoms with E-state index in [1.54, 1.807) is 0 Å². The fraction of sp³-hybridized carbons (Fsp3) is 0.364. The number of esters is 1. The summed E-state index contributed by atoms with van der Waals surface area (Å²) >= 11 is 0. The SMILES string of the molecule is O=C1C[C@@H]2c3ccccc3C[C@@H]2O1. The van der Waals surface area contributed by atoms with Gasteiger partial charge >= 0.3 is 5.97 Å². The number of benzene rings is 1. The molecule has 1 aromatic rings. The summed E-state index contributed by atoms with van der Waals surface area (Å²) in [6, 6.07) is 8.31. The molecule has 1 saturated heterocycles. The molecule has 1 aliphatic carbocycles. The monoisotopic (exact) mass is 174 g/mol. The zero-order chi connectivity index (χ0) is 8.84. The summed E-state index contributed by atoms with van der Waals surface area (Å²) in [5.41, 5.74) is 2.67. The van der Waals surface area contributed by atoms with Crippen LogP contribution in [0.15, 0.2) is 24.3 Å². The van der Waals surface area contributed by atoms with Gasteiger partial charge in [-0.3, -0.25) is 4.79 Å². The van der Waals surface area contributed by atoms with Crippen LogP contribution in [0.5, 0.6) is 0 Å². The van der Waals surface area contributed by atoms with Crippen molar-refractivity contribution in [3.05, 3.63) is 35.4 Å². The minimum Gasteiger partial charge on any atom is -0.461 e. The van der Waals surface area contributed by atoms with E-state index >= 15 is 0 Å². The van der Waals surface area contributed by atoms with E-state index in [1.807, 2.05) is 12.1 Å². The maximum Gasteiger partial charge on any atom is 0.306 e. The van der Waals surface area contributed by atoms with Crippen LogP contribution in [0.1, 0.15) is 23.5 Å². The molecular formula is C11H10O2. The lowest BCUT2D eigenvalue weighted by Crippen LogP contribution is -2.09. The van der Waals surface area contributed by atoms with Gasteiger partial charge < -0.3 is 4.74 Å². The van der Waals surface area contributed by atoms with Crippen molar-refractivity contribution in [2.45, 2.75) is 24.9 Å². The number of hydrogen-bond acceptors (Lipinski definition) is 2. The van der Waals surface area contributed by atoms with Gasteiger partial charge in [0.2, 0.25) is 0 Å². The van der Waals surface area contributed by atoms with Gasteiger partial charge in [-0.1, -0.05) is 24.3 Å². The van der Waals surface area contributed by atoms with Crippen molar-refractivity contribution in [1.29, 1.82) is 0 Å². The van der Waals surface area contributed by atoms with Crippen LogP contribution >= 0.6 is 0 Å². The first-order valence-electron chi connectivity index (χ1n) is 4.62. The third-order valence-electron chi connectivity index (χ3n) is 2.99. The minimum absolute atomic E-state index is 0.0375. The van der Waals surface area contributed by atoms with E-state index in [2.05, 4.69) is 12.1 Å². The molecule has 0 amide bonds. The molecule has 1 fully saturated rings. The van der Waals surface area contributed by atoms with Gasteiger partial charge in [0, 0.05) is 12.3 Å². The second kappa shape index (κ2) is 2.34. The highest BCUT2D eigenvalue weighted by molar-refractivity contribution is 5.74. The van der Waals surface area contributed by atoms with Gasteiger partial charge in [-0.05, 0) is 11.1 Å². The molecule has 1 aromatic carbocycles. The van der Waals surface area contributed by atoms with Crippen LogP contribution in [0, 0.1) is 0 Å². The molecule has 2 heteroatoms. The zero-order valence-corrected chi connectivity index (χ0v) is 7.19. The highest BCUT2D eigenvalue weighted by Crippen LogP contribution is 2.41. The molecule has 1 heterocycles. The lowest BCUT2D eigenvalue weighted by molar-refractivity contribution is -0.141. The molecule has 0 bridgehead atoms. The van der Waals surface area contributed by atoms with Crippen molar-refractivity contribution in [3.63, 3.8) is 0 Å². The van der Waals surface area contributed by atoms with Crippen molar-refractivity contribution in [1.82, 2.24) is 0 Å². The second-order valence-electron chi connectivity index (χ2n) is 3.74. The number of carbonyl (C=O) groups excluding carboxylic acids is 1. The van der Waals surface area contributed by atoms with Crippen molar-refractivity contribution in [2.75, 3.05) is 0 Å². The van der Waals surface area contributed by atoms with E-state index in [-0.39, 0.29) is 12.1 Å². The van der Waals surface area contributed by atoms with Crippen LogP contribution in [0.4, 0.5) is 0 Å². The average Bonchev–Trinajstić information content (AvgIpc) is 2.60. The van der Waals surface area contributed by atoms with Crippen molar-refractivity contribution < 1.29 is 9.53 Å². The molecule has 0 aromatic heterocycles. The van der Waals surface area contributed by atoms with Gasteiger partial charge in [-0.15, -0.1) is 0 Å². The summed E-state index contributed by atoms with van der Waals surface area (Å²) in [6.45, 7) is 0. The summed E-state index contributed by atoms with van der Waals surface area (Å²) < 4.78 is 5.23. The van der Waals surface area contributed by atoms with Crippen LogP contribution in [-0.4, -0.2) is 12.1 Å².